The van der Waals surface area contributed by atoms with Crippen molar-refractivity contribution in [3.8, 4) is 34.1 Å². The number of aliphatic hydroxyl groups is 1. The summed E-state index contributed by atoms with van der Waals surface area (Å²) in [6.45, 7) is 5.89. The molecule has 1 aliphatic rings. The van der Waals surface area contributed by atoms with E-state index in [1.807, 2.05) is 54.6 Å². The van der Waals surface area contributed by atoms with Gasteiger partial charge in [-0.05, 0) is 68.1 Å². The number of methoxy groups -OCH3 is 3. The molecule has 54 heavy (non-hydrogen) atoms. The van der Waals surface area contributed by atoms with Crippen molar-refractivity contribution in [2.24, 2.45) is 4.99 Å². The van der Waals surface area contributed by atoms with E-state index >= 15 is 0 Å². The third-order valence-electron chi connectivity index (χ3n) is 8.76. The SMILES string of the molecule is COc1cc(OC)c(CNNC(=O)[C@@]2(CCC(=O)OC(C)(C)C)N=C(c3ccc(OCCCO)cc3)O[C@H]2c2ccc(-c3ccccc3)cc2)c(OC)c1. The Morgan fingerprint density at radius 2 is 1.46 bits per heavy atom. The van der Waals surface area contributed by atoms with Crippen LogP contribution in [0, 0.1) is 0 Å². The number of aliphatic imine (C=N–C) groups is 1. The molecule has 12 heteroatoms. The van der Waals surface area contributed by atoms with Gasteiger partial charge in [0.1, 0.15) is 28.6 Å². The van der Waals surface area contributed by atoms with Crippen LogP contribution < -0.4 is 29.8 Å². The van der Waals surface area contributed by atoms with Crippen LogP contribution in [-0.4, -0.2) is 68.6 Å². The first-order valence-electron chi connectivity index (χ1n) is 17.8. The van der Waals surface area contributed by atoms with Crippen molar-refractivity contribution in [2.45, 2.75) is 63.8 Å². The molecule has 0 saturated heterocycles. The highest BCUT2D eigenvalue weighted by atomic mass is 16.6. The molecular weight excluding hydrogens is 690 g/mol. The molecule has 1 heterocycles. The minimum absolute atomic E-state index is 0.0262. The van der Waals surface area contributed by atoms with E-state index < -0.39 is 29.1 Å². The van der Waals surface area contributed by atoms with Gasteiger partial charge in [-0.2, -0.15) is 0 Å². The Balaban J connectivity index is 1.52. The van der Waals surface area contributed by atoms with E-state index in [4.69, 9.17) is 38.5 Å². The molecule has 4 aromatic rings. The molecule has 3 N–H and O–H groups in total. The first-order chi connectivity index (χ1) is 26.0. The molecule has 0 saturated carbocycles. The van der Waals surface area contributed by atoms with Crippen molar-refractivity contribution in [3.63, 3.8) is 0 Å². The lowest BCUT2D eigenvalue weighted by Crippen LogP contribution is -2.52. The van der Waals surface area contributed by atoms with Crippen molar-refractivity contribution in [1.82, 2.24) is 10.9 Å². The highest BCUT2D eigenvalue weighted by Crippen LogP contribution is 2.44. The second-order valence-electron chi connectivity index (χ2n) is 13.7. The molecule has 4 aromatic carbocycles. The number of carbonyl (C=O) groups is 2. The maximum absolute atomic E-state index is 14.7. The number of esters is 1. The number of hydrogen-bond donors (Lipinski definition) is 3. The molecule has 286 valence electrons. The number of ether oxygens (including phenoxy) is 6. The topological polar surface area (TPSA) is 146 Å². The van der Waals surface area contributed by atoms with Crippen LogP contribution in [0.2, 0.25) is 0 Å². The Morgan fingerprint density at radius 3 is 2.06 bits per heavy atom. The van der Waals surface area contributed by atoms with Crippen molar-refractivity contribution >= 4 is 17.8 Å². The van der Waals surface area contributed by atoms with Crippen molar-refractivity contribution in [3.05, 3.63) is 108 Å². The zero-order valence-corrected chi connectivity index (χ0v) is 31.6. The molecule has 0 bridgehead atoms. The monoisotopic (exact) mass is 739 g/mol. The maximum Gasteiger partial charge on any atom is 0.306 e. The van der Waals surface area contributed by atoms with Gasteiger partial charge in [-0.1, -0.05) is 54.6 Å². The van der Waals surface area contributed by atoms with Gasteiger partial charge in [0.2, 0.25) is 5.90 Å². The predicted molar refractivity (Wildman–Crippen MR) is 205 cm³/mol. The number of aliphatic hydroxyl groups excluding tert-OH is 1. The summed E-state index contributed by atoms with van der Waals surface area (Å²) in [5, 5.41) is 9.14. The van der Waals surface area contributed by atoms with Crippen LogP contribution in [-0.2, 0) is 25.6 Å². The molecular formula is C42H49N3O9. The molecule has 1 amide bonds. The number of carbonyl (C=O) groups excluding carboxylic acids is 2. The molecule has 0 aliphatic carbocycles. The number of benzene rings is 4. The molecule has 0 spiro atoms. The quantitative estimate of drug-likeness (QED) is 0.0637. The first-order valence-corrected chi connectivity index (χ1v) is 17.8. The van der Waals surface area contributed by atoms with E-state index in [9.17, 15) is 9.59 Å². The van der Waals surface area contributed by atoms with E-state index in [0.29, 0.717) is 52.7 Å². The molecule has 0 aromatic heterocycles. The van der Waals surface area contributed by atoms with Gasteiger partial charge in [-0.3, -0.25) is 15.0 Å². The van der Waals surface area contributed by atoms with Crippen LogP contribution >= 0.6 is 0 Å². The fourth-order valence-electron chi connectivity index (χ4n) is 6.11. The van der Waals surface area contributed by atoms with Crippen molar-refractivity contribution in [2.75, 3.05) is 34.5 Å². The zero-order valence-electron chi connectivity index (χ0n) is 31.6. The Bertz CT molecular complexity index is 1870. The largest absolute Gasteiger partial charge is 0.496 e. The Morgan fingerprint density at radius 1 is 0.833 bits per heavy atom. The Kier molecular flexibility index (Phi) is 13.2. The fraction of sp³-hybridized carbons (Fsp3) is 0.357. The highest BCUT2D eigenvalue weighted by Gasteiger charge is 2.53. The molecule has 5 rings (SSSR count). The van der Waals surface area contributed by atoms with Crippen LogP contribution in [0.1, 0.15) is 62.8 Å². The van der Waals surface area contributed by atoms with Gasteiger partial charge >= 0.3 is 5.97 Å². The summed E-state index contributed by atoms with van der Waals surface area (Å²) < 4.78 is 34.6. The standard InChI is InChI=1S/C42H49N3O9/c1-41(2,3)54-37(47)21-22-42(40(48)45-43-27-34-35(50-5)25-33(49-4)26-36(34)51-6)38(30-15-13-29(14-16-30)28-11-8-7-9-12-28)53-39(44-42)31-17-19-32(20-18-31)52-24-10-23-46/h7-9,11-20,25-26,38,43,46H,10,21-24,27H2,1-6H3,(H,45,48)/t38-,42-/m0/s1. The summed E-state index contributed by atoms with van der Waals surface area (Å²) in [7, 11) is 4.62. The van der Waals surface area contributed by atoms with Crippen LogP contribution in [0.4, 0.5) is 0 Å². The van der Waals surface area contributed by atoms with E-state index in [0.717, 1.165) is 11.1 Å². The van der Waals surface area contributed by atoms with Gasteiger partial charge in [0.15, 0.2) is 11.6 Å². The summed E-state index contributed by atoms with van der Waals surface area (Å²) in [6, 6.07) is 28.3. The average molecular weight is 740 g/mol. The summed E-state index contributed by atoms with van der Waals surface area (Å²) in [4.78, 5) is 32.9. The maximum atomic E-state index is 14.7. The average Bonchev–Trinajstić information content (AvgIpc) is 3.58. The smallest absolute Gasteiger partial charge is 0.306 e. The Labute approximate surface area is 316 Å². The third kappa shape index (κ3) is 9.68. The first kappa shape index (κ1) is 39.6. The highest BCUT2D eigenvalue weighted by molar-refractivity contribution is 6.01. The van der Waals surface area contributed by atoms with Gasteiger partial charge in [0.25, 0.3) is 5.91 Å². The summed E-state index contributed by atoms with van der Waals surface area (Å²) in [5.74, 6) is 1.39. The number of nitrogens with zero attached hydrogens (tertiary/aromatic N) is 1. The minimum atomic E-state index is -1.61. The van der Waals surface area contributed by atoms with Gasteiger partial charge < -0.3 is 33.5 Å². The van der Waals surface area contributed by atoms with E-state index in [2.05, 4.69) is 10.9 Å². The fourth-order valence-corrected chi connectivity index (χ4v) is 6.11. The van der Waals surface area contributed by atoms with E-state index in [1.165, 1.54) is 14.2 Å². The number of rotatable bonds is 17. The molecule has 12 nitrogen and oxygen atoms in total. The summed E-state index contributed by atoms with van der Waals surface area (Å²) in [6.07, 6.45) is -0.557. The molecule has 2 atom stereocenters. The van der Waals surface area contributed by atoms with Gasteiger partial charge in [0, 0.05) is 43.7 Å². The number of amides is 1. The van der Waals surface area contributed by atoms with Gasteiger partial charge in [-0.25, -0.2) is 10.4 Å². The summed E-state index contributed by atoms with van der Waals surface area (Å²) in [5.41, 5.74) is 7.52. The second kappa shape index (κ2) is 18.0. The second-order valence-corrected chi connectivity index (χ2v) is 13.7. The minimum Gasteiger partial charge on any atom is -0.496 e. The van der Waals surface area contributed by atoms with E-state index in [1.54, 1.807) is 64.3 Å². The van der Waals surface area contributed by atoms with Crippen molar-refractivity contribution < 1.29 is 43.1 Å². The number of hydrogen-bond acceptors (Lipinski definition) is 11. The summed E-state index contributed by atoms with van der Waals surface area (Å²) >= 11 is 0. The lowest BCUT2D eigenvalue weighted by molar-refractivity contribution is -0.155. The van der Waals surface area contributed by atoms with Crippen LogP contribution in [0.25, 0.3) is 11.1 Å². The lowest BCUT2D eigenvalue weighted by atomic mass is 9.83. The lowest BCUT2D eigenvalue weighted by Gasteiger charge is -2.31. The van der Waals surface area contributed by atoms with Crippen molar-refractivity contribution in [1.29, 1.82) is 0 Å². The van der Waals surface area contributed by atoms with Gasteiger partial charge in [0.05, 0.1) is 33.5 Å². The molecule has 0 fully saturated rings. The zero-order chi connectivity index (χ0) is 38.7. The predicted octanol–water partition coefficient (Wildman–Crippen LogP) is 6.34. The Hall–Kier alpha value is -5.59. The normalized spacial score (nSPS) is 16.5. The number of hydrazine groups is 1. The molecule has 0 unspecified atom stereocenters. The van der Waals surface area contributed by atoms with Crippen LogP contribution in [0.5, 0.6) is 23.0 Å². The van der Waals surface area contributed by atoms with E-state index in [-0.39, 0.29) is 31.9 Å². The third-order valence-corrected chi connectivity index (χ3v) is 8.76. The molecule has 0 radical (unpaired) electrons. The number of nitrogens with one attached hydrogen (secondary N) is 2. The molecule has 1 aliphatic heterocycles. The van der Waals surface area contributed by atoms with Crippen LogP contribution in [0.15, 0.2) is 96.0 Å². The van der Waals surface area contributed by atoms with Gasteiger partial charge in [-0.15, -0.1) is 0 Å². The van der Waals surface area contributed by atoms with Crippen LogP contribution in [0.3, 0.4) is 0 Å².